The number of hydrogen-bond donors (Lipinski definition) is 0. The van der Waals surface area contributed by atoms with Crippen LogP contribution in [-0.2, 0) is 25.6 Å². The maximum Gasteiger partial charge on any atom is 0.500 e. The molecule has 0 aromatic rings. The van der Waals surface area contributed by atoms with Gasteiger partial charge in [0.05, 0.1) is 0 Å². The maximum absolute atomic E-state index is 6.60. The molecule has 1 unspecified atom stereocenters. The van der Waals surface area contributed by atoms with Crippen molar-refractivity contribution in [1.82, 2.24) is 0 Å². The summed E-state index contributed by atoms with van der Waals surface area (Å²) in [5, 5.41) is 0. The third kappa shape index (κ3) is 9.52. The van der Waals surface area contributed by atoms with Crippen molar-refractivity contribution < 1.29 is 25.6 Å². The molecule has 0 saturated carbocycles. The fourth-order valence-corrected chi connectivity index (χ4v) is 22.8. The predicted octanol–water partition coefficient (Wildman–Crippen LogP) is 3.51. The van der Waals surface area contributed by atoms with Gasteiger partial charge in [0.25, 0.3) is 0 Å². The highest BCUT2D eigenvalue weighted by molar-refractivity contribution is 6.88. The van der Waals surface area contributed by atoms with Crippen LogP contribution in [0.4, 0.5) is 0 Å². The quantitative estimate of drug-likeness (QED) is 0.442. The molecule has 0 fully saturated rings. The van der Waals surface area contributed by atoms with Crippen LogP contribution >= 0.6 is 0 Å². The maximum atomic E-state index is 6.60. The van der Waals surface area contributed by atoms with Crippen LogP contribution in [0.5, 0.6) is 0 Å². The Balaban J connectivity index is 5.28. The van der Waals surface area contributed by atoms with Gasteiger partial charge in [0.15, 0.2) is 17.4 Å². The summed E-state index contributed by atoms with van der Waals surface area (Å²) < 4.78 is 36.0. The minimum Gasteiger partial charge on any atom is -0.440 e. The van der Waals surface area contributed by atoms with Crippen LogP contribution in [0.2, 0.25) is 64.5 Å². The average Bonchev–Trinajstić information content (AvgIpc) is 2.36. The van der Waals surface area contributed by atoms with Crippen LogP contribution in [0.25, 0.3) is 0 Å². The molecule has 0 aliphatic heterocycles. The fourth-order valence-electron chi connectivity index (χ4n) is 2.82. The van der Waals surface area contributed by atoms with Crippen molar-refractivity contribution in [2.24, 2.45) is 0 Å². The summed E-state index contributed by atoms with van der Waals surface area (Å²) in [6.07, 6.45) is 0. The Morgan fingerprint density at radius 1 is 0.708 bits per heavy atom. The molecule has 0 aromatic carbocycles. The summed E-state index contributed by atoms with van der Waals surface area (Å²) in [6, 6.07) is 1.46. The second-order valence-corrected chi connectivity index (χ2v) is 25.4. The molecule has 0 rings (SSSR count). The van der Waals surface area contributed by atoms with Gasteiger partial charge >= 0.3 is 25.9 Å². The molecule has 0 N–H and O–H groups in total. The lowest BCUT2D eigenvalue weighted by Gasteiger charge is -2.40. The first-order valence-corrected chi connectivity index (χ1v) is 21.9. The molecule has 0 bridgehead atoms. The van der Waals surface area contributed by atoms with E-state index in [1.54, 1.807) is 21.3 Å². The van der Waals surface area contributed by atoms with Crippen LogP contribution in [0, 0.1) is 0 Å². The van der Waals surface area contributed by atoms with E-state index in [1.807, 2.05) is 0 Å². The largest absolute Gasteiger partial charge is 0.500 e. The molecular weight excluding hydrogens is 393 g/mol. The molecule has 0 amide bonds. The van der Waals surface area contributed by atoms with E-state index in [4.69, 9.17) is 25.6 Å². The lowest BCUT2D eigenvalue weighted by atomic mass is 10.9. The van der Waals surface area contributed by atoms with Crippen molar-refractivity contribution in [3.63, 3.8) is 0 Å². The second-order valence-electron chi connectivity index (χ2n) is 7.81. The first kappa shape index (κ1) is 24.8. The molecule has 11 heteroatoms. The Hall–Kier alpha value is 0.844. The zero-order valence-electron chi connectivity index (χ0n) is 17.4. The smallest absolute Gasteiger partial charge is 0.440 e. The van der Waals surface area contributed by atoms with E-state index in [0.29, 0.717) is 6.04 Å². The van der Waals surface area contributed by atoms with Gasteiger partial charge in [-0.3, -0.25) is 0 Å². The third-order valence-corrected chi connectivity index (χ3v) is 19.7. The first-order chi connectivity index (χ1) is 10.7. The fraction of sp³-hybridized carbons (Fsp3) is 1.00. The molecule has 0 saturated heterocycles. The molecule has 0 radical (unpaired) electrons. The van der Waals surface area contributed by atoms with Crippen LogP contribution in [-0.4, -0.2) is 64.6 Å². The molecular formula is C13H38O6Si5. The molecule has 146 valence electrons. The lowest BCUT2D eigenvalue weighted by molar-refractivity contribution is 0.124. The van der Waals surface area contributed by atoms with Crippen LogP contribution < -0.4 is 0 Å². The zero-order chi connectivity index (χ0) is 19.2. The van der Waals surface area contributed by atoms with Gasteiger partial charge in [-0.05, 0) is 58.4 Å². The molecule has 0 aromatic heterocycles. The summed E-state index contributed by atoms with van der Waals surface area (Å²) in [5.74, 6) is 0. The normalized spacial score (nSPS) is 16.5. The molecule has 0 heterocycles. The average molecular weight is 431 g/mol. The molecule has 0 aliphatic rings. The molecule has 0 aliphatic carbocycles. The standard InChI is InChI=1S/C13H38O6Si5/c1-14-24(15-2,16-3)13-12-23(11,18-21(6,7)8)19-22(9,10)17-20(4)5/h20H,12-13H2,1-11H3. The zero-order valence-corrected chi connectivity index (χ0v) is 22.6. The minimum atomic E-state index is -2.64. The Bertz CT molecular complexity index is 364. The summed E-state index contributed by atoms with van der Waals surface area (Å²) in [5.41, 5.74) is 0. The van der Waals surface area contributed by atoms with E-state index in [1.165, 1.54) is 0 Å². The third-order valence-electron chi connectivity index (χ3n) is 3.32. The molecule has 24 heavy (non-hydrogen) atoms. The van der Waals surface area contributed by atoms with Gasteiger partial charge in [0.1, 0.15) is 0 Å². The Kier molecular flexibility index (Phi) is 10.0. The van der Waals surface area contributed by atoms with Gasteiger partial charge in [-0.15, -0.1) is 0 Å². The SMILES string of the molecule is CO[Si](CC[Si](C)(O[Si](C)(C)C)O[Si](C)(C)O[SiH](C)C)(OC)OC. The van der Waals surface area contributed by atoms with E-state index in [9.17, 15) is 0 Å². The van der Waals surface area contributed by atoms with Gasteiger partial charge in [-0.1, -0.05) is 0 Å². The van der Waals surface area contributed by atoms with Gasteiger partial charge < -0.3 is 25.6 Å². The lowest BCUT2D eigenvalue weighted by Crippen LogP contribution is -2.56. The Labute approximate surface area is 154 Å². The van der Waals surface area contributed by atoms with Crippen molar-refractivity contribution in [3.05, 3.63) is 0 Å². The van der Waals surface area contributed by atoms with Crippen molar-refractivity contribution >= 4 is 43.3 Å². The highest BCUT2D eigenvalue weighted by atomic mass is 28.5. The van der Waals surface area contributed by atoms with Crippen molar-refractivity contribution in [2.75, 3.05) is 21.3 Å². The predicted molar refractivity (Wildman–Crippen MR) is 111 cm³/mol. The Morgan fingerprint density at radius 3 is 1.50 bits per heavy atom. The van der Waals surface area contributed by atoms with Crippen molar-refractivity contribution in [2.45, 2.75) is 64.5 Å². The highest BCUT2D eigenvalue weighted by Gasteiger charge is 2.47. The number of rotatable bonds is 12. The van der Waals surface area contributed by atoms with E-state index in [2.05, 4.69) is 52.4 Å². The second kappa shape index (κ2) is 9.69. The van der Waals surface area contributed by atoms with Crippen molar-refractivity contribution in [3.8, 4) is 0 Å². The minimum absolute atomic E-state index is 0.688. The van der Waals surface area contributed by atoms with Crippen LogP contribution in [0.1, 0.15) is 0 Å². The van der Waals surface area contributed by atoms with E-state index in [0.717, 1.165) is 6.04 Å². The van der Waals surface area contributed by atoms with Crippen LogP contribution in [0.15, 0.2) is 0 Å². The highest BCUT2D eigenvalue weighted by Crippen LogP contribution is 2.29. The van der Waals surface area contributed by atoms with Crippen molar-refractivity contribution in [1.29, 1.82) is 0 Å². The monoisotopic (exact) mass is 430 g/mol. The summed E-state index contributed by atoms with van der Waals surface area (Å²) >= 11 is 0. The van der Waals surface area contributed by atoms with Gasteiger partial charge in [0.2, 0.25) is 0 Å². The number of hydrogen-bond acceptors (Lipinski definition) is 6. The van der Waals surface area contributed by atoms with Gasteiger partial charge in [-0.25, -0.2) is 0 Å². The summed E-state index contributed by atoms with van der Waals surface area (Å²) in [4.78, 5) is 0. The summed E-state index contributed by atoms with van der Waals surface area (Å²) in [7, 11) is -5.26. The van der Waals surface area contributed by atoms with Crippen LogP contribution in [0.3, 0.4) is 0 Å². The summed E-state index contributed by atoms with van der Waals surface area (Å²) in [6.45, 7) is 17.3. The first-order valence-electron chi connectivity index (χ1n) is 8.46. The van der Waals surface area contributed by atoms with E-state index >= 15 is 0 Å². The van der Waals surface area contributed by atoms with Gasteiger partial charge in [0, 0.05) is 27.4 Å². The van der Waals surface area contributed by atoms with Gasteiger partial charge in [-0.2, -0.15) is 0 Å². The van der Waals surface area contributed by atoms with E-state index in [-0.39, 0.29) is 0 Å². The van der Waals surface area contributed by atoms with E-state index < -0.39 is 43.3 Å². The molecule has 1 atom stereocenters. The molecule has 6 nitrogen and oxygen atoms in total. The Morgan fingerprint density at radius 2 is 1.17 bits per heavy atom. The topological polar surface area (TPSA) is 55.4 Å². The molecule has 0 spiro atoms.